The molecule has 0 bridgehead atoms. The van der Waals surface area contributed by atoms with Gasteiger partial charge in [0.25, 0.3) is 0 Å². The molecule has 3 rings (SSSR count). The van der Waals surface area contributed by atoms with Crippen LogP contribution in [0.5, 0.6) is 0 Å². The van der Waals surface area contributed by atoms with Crippen molar-refractivity contribution < 1.29 is 9.53 Å². The van der Waals surface area contributed by atoms with E-state index in [9.17, 15) is 4.79 Å². The molecule has 0 unspecified atom stereocenters. The van der Waals surface area contributed by atoms with E-state index in [0.717, 1.165) is 42.0 Å². The molecule has 1 aliphatic rings. The lowest BCUT2D eigenvalue weighted by atomic mass is 10.0. The number of likely N-dealkylation sites (tertiary alicyclic amines) is 1. The van der Waals surface area contributed by atoms with Crippen LogP contribution in [-0.2, 0) is 16.0 Å². The van der Waals surface area contributed by atoms with Gasteiger partial charge in [0, 0.05) is 24.9 Å². The van der Waals surface area contributed by atoms with E-state index in [1.54, 1.807) is 7.11 Å². The number of ether oxygens (including phenoxy) is 1. The van der Waals surface area contributed by atoms with Gasteiger partial charge in [0.1, 0.15) is 0 Å². The minimum Gasteiger partial charge on any atom is -0.383 e. The molecule has 0 aliphatic carbocycles. The monoisotopic (exact) mass is 341 g/mol. The minimum atomic E-state index is 0.181. The molecule has 1 atom stereocenters. The smallest absolute Gasteiger partial charge is 0.227 e. The van der Waals surface area contributed by atoms with Crippen molar-refractivity contribution in [2.45, 2.75) is 45.6 Å². The van der Waals surface area contributed by atoms with Gasteiger partial charge in [-0.1, -0.05) is 18.2 Å². The number of aryl methyl sites for hydroxylation is 1. The number of carbonyl (C=O) groups is 1. The number of aromatic nitrogens is 2. The molecular formula is C20H27N3O2. The van der Waals surface area contributed by atoms with Gasteiger partial charge in [-0.3, -0.25) is 4.79 Å². The summed E-state index contributed by atoms with van der Waals surface area (Å²) in [6, 6.07) is 10.3. The summed E-state index contributed by atoms with van der Waals surface area (Å²) in [4.78, 5) is 14.9. The molecule has 1 amide bonds. The average molecular weight is 341 g/mol. The Hall–Kier alpha value is -2.14. The van der Waals surface area contributed by atoms with Crippen molar-refractivity contribution in [3.05, 3.63) is 47.3 Å². The van der Waals surface area contributed by atoms with Crippen LogP contribution in [0.1, 0.15) is 36.2 Å². The van der Waals surface area contributed by atoms with E-state index in [0.29, 0.717) is 13.0 Å². The lowest BCUT2D eigenvalue weighted by Gasteiger charge is -2.35. The molecule has 1 fully saturated rings. The summed E-state index contributed by atoms with van der Waals surface area (Å²) in [5, 5.41) is 4.66. The highest BCUT2D eigenvalue weighted by atomic mass is 16.5. The third-order valence-corrected chi connectivity index (χ3v) is 5.08. The maximum atomic E-state index is 12.9. The molecule has 0 saturated carbocycles. The summed E-state index contributed by atoms with van der Waals surface area (Å²) < 4.78 is 7.24. The molecule has 2 aromatic rings. The molecule has 1 aliphatic heterocycles. The molecule has 0 N–H and O–H groups in total. The first-order chi connectivity index (χ1) is 12.1. The third-order valence-electron chi connectivity index (χ3n) is 5.08. The van der Waals surface area contributed by atoms with Gasteiger partial charge in [-0.05, 0) is 45.2 Å². The van der Waals surface area contributed by atoms with Gasteiger partial charge in [0.05, 0.1) is 30.5 Å². The Morgan fingerprint density at radius 2 is 2.00 bits per heavy atom. The fourth-order valence-electron chi connectivity index (χ4n) is 3.70. The Morgan fingerprint density at radius 3 is 2.72 bits per heavy atom. The fraction of sp³-hybridized carbons (Fsp3) is 0.500. The first-order valence-electron chi connectivity index (χ1n) is 9.00. The summed E-state index contributed by atoms with van der Waals surface area (Å²) in [6.07, 6.45) is 3.68. The van der Waals surface area contributed by atoms with Crippen LogP contribution in [0.15, 0.2) is 30.3 Å². The van der Waals surface area contributed by atoms with E-state index < -0.39 is 0 Å². The topological polar surface area (TPSA) is 47.4 Å². The lowest BCUT2D eigenvalue weighted by molar-refractivity contribution is -0.135. The highest BCUT2D eigenvalue weighted by Crippen LogP contribution is 2.22. The van der Waals surface area contributed by atoms with Crippen molar-refractivity contribution in [1.29, 1.82) is 0 Å². The van der Waals surface area contributed by atoms with E-state index in [4.69, 9.17) is 4.74 Å². The van der Waals surface area contributed by atoms with E-state index >= 15 is 0 Å². The molecule has 1 saturated heterocycles. The standard InChI is InChI=1S/C20H27N3O2/c1-15-19(16(2)23(21-15)17-9-5-4-6-10-17)13-20(24)22-12-8-7-11-18(22)14-25-3/h4-6,9-10,18H,7-8,11-14H2,1-3H3/t18-/m0/s1. The van der Waals surface area contributed by atoms with Gasteiger partial charge < -0.3 is 9.64 Å². The van der Waals surface area contributed by atoms with Gasteiger partial charge in [-0.25, -0.2) is 4.68 Å². The molecule has 0 radical (unpaired) electrons. The Balaban J connectivity index is 1.80. The van der Waals surface area contributed by atoms with Gasteiger partial charge in [0.2, 0.25) is 5.91 Å². The second kappa shape index (κ2) is 7.83. The van der Waals surface area contributed by atoms with Crippen LogP contribution >= 0.6 is 0 Å². The number of carbonyl (C=O) groups excluding carboxylic acids is 1. The Bertz CT molecular complexity index is 722. The number of piperidine rings is 1. The molecular weight excluding hydrogens is 314 g/mol. The van der Waals surface area contributed by atoms with Crippen LogP contribution in [0, 0.1) is 13.8 Å². The first-order valence-corrected chi connectivity index (χ1v) is 9.00. The second-order valence-electron chi connectivity index (χ2n) is 6.77. The largest absolute Gasteiger partial charge is 0.383 e. The van der Waals surface area contributed by atoms with Gasteiger partial charge in [-0.2, -0.15) is 5.10 Å². The molecule has 5 nitrogen and oxygen atoms in total. The van der Waals surface area contributed by atoms with Crippen molar-refractivity contribution in [2.24, 2.45) is 0 Å². The SMILES string of the molecule is COC[C@@H]1CCCCN1C(=O)Cc1c(C)nn(-c2ccccc2)c1C. The molecule has 1 aromatic heterocycles. The van der Waals surface area contributed by atoms with Crippen LogP contribution < -0.4 is 0 Å². The number of benzene rings is 1. The number of para-hydroxylation sites is 1. The van der Waals surface area contributed by atoms with Crippen molar-refractivity contribution >= 4 is 5.91 Å². The van der Waals surface area contributed by atoms with E-state index in [2.05, 4.69) is 5.10 Å². The molecule has 25 heavy (non-hydrogen) atoms. The predicted molar refractivity (Wildman–Crippen MR) is 98.0 cm³/mol. The number of nitrogens with zero attached hydrogens (tertiary/aromatic N) is 3. The van der Waals surface area contributed by atoms with Crippen LogP contribution in [-0.4, -0.2) is 46.9 Å². The molecule has 2 heterocycles. The maximum Gasteiger partial charge on any atom is 0.227 e. The number of hydrogen-bond acceptors (Lipinski definition) is 3. The van der Waals surface area contributed by atoms with Crippen LogP contribution in [0.2, 0.25) is 0 Å². The van der Waals surface area contributed by atoms with Gasteiger partial charge in [0.15, 0.2) is 0 Å². The summed E-state index contributed by atoms with van der Waals surface area (Å²) in [6.45, 7) is 5.47. The van der Waals surface area contributed by atoms with E-state index in [1.807, 2.05) is 53.8 Å². The Morgan fingerprint density at radius 1 is 1.24 bits per heavy atom. The number of rotatable bonds is 5. The zero-order chi connectivity index (χ0) is 17.8. The predicted octanol–water partition coefficient (Wildman–Crippen LogP) is 3.06. The summed E-state index contributed by atoms with van der Waals surface area (Å²) in [5.74, 6) is 0.181. The van der Waals surface area contributed by atoms with Crippen molar-refractivity contribution in [3.8, 4) is 5.69 Å². The fourth-order valence-corrected chi connectivity index (χ4v) is 3.70. The average Bonchev–Trinajstić information content (AvgIpc) is 2.91. The highest BCUT2D eigenvalue weighted by Gasteiger charge is 2.28. The maximum absolute atomic E-state index is 12.9. The summed E-state index contributed by atoms with van der Waals surface area (Å²) in [7, 11) is 1.70. The zero-order valence-corrected chi connectivity index (χ0v) is 15.4. The van der Waals surface area contributed by atoms with Crippen LogP contribution in [0.3, 0.4) is 0 Å². The quantitative estimate of drug-likeness (QED) is 0.840. The van der Waals surface area contributed by atoms with Gasteiger partial charge in [-0.15, -0.1) is 0 Å². The molecule has 5 heteroatoms. The van der Waals surface area contributed by atoms with Gasteiger partial charge >= 0.3 is 0 Å². The molecule has 134 valence electrons. The second-order valence-corrected chi connectivity index (χ2v) is 6.77. The number of amides is 1. The highest BCUT2D eigenvalue weighted by molar-refractivity contribution is 5.79. The summed E-state index contributed by atoms with van der Waals surface area (Å²) >= 11 is 0. The third kappa shape index (κ3) is 3.76. The van der Waals surface area contributed by atoms with E-state index in [1.165, 1.54) is 6.42 Å². The number of methoxy groups -OCH3 is 1. The number of hydrogen-bond donors (Lipinski definition) is 0. The Kier molecular flexibility index (Phi) is 5.53. The molecule has 1 aromatic carbocycles. The zero-order valence-electron chi connectivity index (χ0n) is 15.4. The minimum absolute atomic E-state index is 0.181. The first kappa shape index (κ1) is 17.7. The van der Waals surface area contributed by atoms with Crippen molar-refractivity contribution in [2.75, 3.05) is 20.3 Å². The molecule has 0 spiro atoms. The van der Waals surface area contributed by atoms with Crippen molar-refractivity contribution in [1.82, 2.24) is 14.7 Å². The lowest BCUT2D eigenvalue weighted by Crippen LogP contribution is -2.46. The van der Waals surface area contributed by atoms with Crippen LogP contribution in [0.4, 0.5) is 0 Å². The van der Waals surface area contributed by atoms with Crippen molar-refractivity contribution in [3.63, 3.8) is 0 Å². The Labute approximate surface area is 149 Å². The van der Waals surface area contributed by atoms with Crippen LogP contribution in [0.25, 0.3) is 5.69 Å². The normalized spacial score (nSPS) is 17.7. The van der Waals surface area contributed by atoms with E-state index in [-0.39, 0.29) is 11.9 Å². The summed E-state index contributed by atoms with van der Waals surface area (Å²) in [5.41, 5.74) is 4.03.